The first-order valence-electron chi connectivity index (χ1n) is 6.43. The lowest BCUT2D eigenvalue weighted by Crippen LogP contribution is -1.85. The smallest absolute Gasteiger partial charge is 0.123 e. The van der Waals surface area contributed by atoms with Gasteiger partial charge in [-0.2, -0.15) is 0 Å². The van der Waals surface area contributed by atoms with Crippen LogP contribution in [-0.2, 0) is 5.75 Å². The average Bonchev–Trinajstić information content (AvgIpc) is 2.51. The lowest BCUT2D eigenvalue weighted by atomic mass is 10.1. The summed E-state index contributed by atoms with van der Waals surface area (Å²) in [6, 6.07) is 17.1. The highest BCUT2D eigenvalue weighted by atomic mass is 35.5. The van der Waals surface area contributed by atoms with Crippen LogP contribution in [-0.4, -0.2) is 5.11 Å². The van der Waals surface area contributed by atoms with Gasteiger partial charge in [0.2, 0.25) is 0 Å². The molecule has 0 aliphatic rings. The molecule has 1 N–H and O–H groups in total. The zero-order chi connectivity index (χ0) is 14.8. The van der Waals surface area contributed by atoms with Gasteiger partial charge in [-0.3, -0.25) is 0 Å². The van der Waals surface area contributed by atoms with Crippen LogP contribution in [0.1, 0.15) is 5.56 Å². The number of hydrogen-bond acceptors (Lipinski definition) is 2. The molecule has 3 aromatic carbocycles. The van der Waals surface area contributed by atoms with Gasteiger partial charge in [-0.1, -0.05) is 59.6 Å². The first-order valence-corrected chi connectivity index (χ1v) is 8.17. The maximum atomic E-state index is 9.91. The van der Waals surface area contributed by atoms with Gasteiger partial charge in [0.1, 0.15) is 5.75 Å². The molecule has 4 heteroatoms. The number of rotatable bonds is 3. The van der Waals surface area contributed by atoms with Gasteiger partial charge < -0.3 is 5.11 Å². The van der Waals surface area contributed by atoms with Crippen LogP contribution in [0.5, 0.6) is 5.75 Å². The third-order valence-electron chi connectivity index (χ3n) is 3.28. The highest BCUT2D eigenvalue weighted by Crippen LogP contribution is 2.36. The van der Waals surface area contributed by atoms with Crippen molar-refractivity contribution in [3.05, 3.63) is 70.2 Å². The van der Waals surface area contributed by atoms with E-state index < -0.39 is 0 Å². The van der Waals surface area contributed by atoms with Crippen LogP contribution >= 0.6 is 35.0 Å². The molecular formula is C17H12Cl2OS. The van der Waals surface area contributed by atoms with Gasteiger partial charge in [0.05, 0.1) is 10.0 Å². The van der Waals surface area contributed by atoms with Crippen molar-refractivity contribution in [2.24, 2.45) is 0 Å². The molecule has 0 amide bonds. The van der Waals surface area contributed by atoms with Crippen molar-refractivity contribution in [3.63, 3.8) is 0 Å². The van der Waals surface area contributed by atoms with E-state index in [1.807, 2.05) is 42.5 Å². The van der Waals surface area contributed by atoms with Crippen molar-refractivity contribution in [1.82, 2.24) is 0 Å². The second-order valence-electron chi connectivity index (χ2n) is 4.63. The van der Waals surface area contributed by atoms with Gasteiger partial charge in [0.15, 0.2) is 0 Å². The molecule has 0 fully saturated rings. The molecular weight excluding hydrogens is 323 g/mol. The molecule has 0 unspecified atom stereocenters. The van der Waals surface area contributed by atoms with Crippen molar-refractivity contribution in [2.45, 2.75) is 10.6 Å². The van der Waals surface area contributed by atoms with Crippen LogP contribution < -0.4 is 0 Å². The maximum absolute atomic E-state index is 9.91. The molecule has 0 saturated carbocycles. The van der Waals surface area contributed by atoms with Gasteiger partial charge in [-0.25, -0.2) is 0 Å². The first-order chi connectivity index (χ1) is 10.2. The van der Waals surface area contributed by atoms with E-state index in [1.54, 1.807) is 23.9 Å². The quantitative estimate of drug-likeness (QED) is 0.580. The number of thioether (sulfide) groups is 1. The van der Waals surface area contributed by atoms with Crippen LogP contribution in [0.3, 0.4) is 0 Å². The van der Waals surface area contributed by atoms with Crippen LogP contribution in [0, 0.1) is 0 Å². The summed E-state index contributed by atoms with van der Waals surface area (Å²) in [7, 11) is 0. The largest absolute Gasteiger partial charge is 0.507 e. The van der Waals surface area contributed by atoms with Crippen molar-refractivity contribution in [3.8, 4) is 5.75 Å². The molecule has 21 heavy (non-hydrogen) atoms. The molecule has 0 bridgehead atoms. The zero-order valence-corrected chi connectivity index (χ0v) is 13.3. The van der Waals surface area contributed by atoms with E-state index in [0.29, 0.717) is 15.8 Å². The molecule has 0 aromatic heterocycles. The van der Waals surface area contributed by atoms with Gasteiger partial charge in [-0.15, -0.1) is 11.8 Å². The number of fused-ring (bicyclic) bond motifs is 1. The standard InChI is InChI=1S/C17H12Cl2OS/c18-14-7-3-4-11(17(14)19)10-21-16-9-8-15(20)12-5-1-2-6-13(12)16/h1-9,20H,10H2. The zero-order valence-electron chi connectivity index (χ0n) is 11.0. The lowest BCUT2D eigenvalue weighted by molar-refractivity contribution is 0.481. The molecule has 0 aliphatic carbocycles. The molecule has 3 aromatic rings. The number of phenols is 1. The number of aromatic hydroxyl groups is 1. The Hall–Kier alpha value is -1.35. The topological polar surface area (TPSA) is 20.2 Å². The predicted molar refractivity (Wildman–Crippen MR) is 91.6 cm³/mol. The summed E-state index contributed by atoms with van der Waals surface area (Å²) >= 11 is 13.9. The Bertz CT molecular complexity index is 802. The highest BCUT2D eigenvalue weighted by Gasteiger charge is 2.08. The fourth-order valence-electron chi connectivity index (χ4n) is 2.20. The lowest BCUT2D eigenvalue weighted by Gasteiger charge is -2.09. The minimum atomic E-state index is 0.302. The van der Waals surface area contributed by atoms with E-state index in [1.165, 1.54) is 0 Å². The number of benzene rings is 3. The molecule has 0 aliphatic heterocycles. The van der Waals surface area contributed by atoms with Crippen molar-refractivity contribution in [2.75, 3.05) is 0 Å². The minimum Gasteiger partial charge on any atom is -0.507 e. The summed E-state index contributed by atoms with van der Waals surface area (Å²) in [5.74, 6) is 1.03. The molecule has 0 atom stereocenters. The minimum absolute atomic E-state index is 0.302. The Balaban J connectivity index is 1.92. The normalized spacial score (nSPS) is 11.0. The SMILES string of the molecule is Oc1ccc(SCc2cccc(Cl)c2Cl)c2ccccc12. The van der Waals surface area contributed by atoms with Crippen LogP contribution in [0.4, 0.5) is 0 Å². The molecule has 0 saturated heterocycles. The fraction of sp³-hybridized carbons (Fsp3) is 0.0588. The summed E-state index contributed by atoms with van der Waals surface area (Å²) in [4.78, 5) is 1.11. The van der Waals surface area contributed by atoms with Crippen LogP contribution in [0.2, 0.25) is 10.0 Å². The predicted octanol–water partition coefficient (Wildman–Crippen LogP) is 6.14. The molecule has 1 nitrogen and oxygen atoms in total. The Labute approximate surface area is 137 Å². The van der Waals surface area contributed by atoms with Crippen LogP contribution in [0.15, 0.2) is 59.5 Å². The Kier molecular flexibility index (Phi) is 4.29. The summed E-state index contributed by atoms with van der Waals surface area (Å²) in [6.07, 6.45) is 0. The molecule has 106 valence electrons. The van der Waals surface area contributed by atoms with Gasteiger partial charge >= 0.3 is 0 Å². The second-order valence-corrected chi connectivity index (χ2v) is 6.43. The maximum Gasteiger partial charge on any atom is 0.123 e. The van der Waals surface area contributed by atoms with E-state index in [4.69, 9.17) is 23.2 Å². The summed E-state index contributed by atoms with van der Waals surface area (Å²) in [5, 5.41) is 13.0. The molecule has 0 heterocycles. The molecule has 0 radical (unpaired) electrons. The highest BCUT2D eigenvalue weighted by molar-refractivity contribution is 7.98. The van der Waals surface area contributed by atoms with E-state index >= 15 is 0 Å². The third kappa shape index (κ3) is 2.98. The van der Waals surface area contributed by atoms with Gasteiger partial charge in [0, 0.05) is 16.0 Å². The van der Waals surface area contributed by atoms with E-state index in [9.17, 15) is 5.11 Å². The number of hydrogen-bond donors (Lipinski definition) is 1. The van der Waals surface area contributed by atoms with Gasteiger partial charge in [-0.05, 0) is 29.1 Å². The summed E-state index contributed by atoms with van der Waals surface area (Å²) in [6.45, 7) is 0. The van der Waals surface area contributed by atoms with E-state index in [-0.39, 0.29) is 0 Å². The van der Waals surface area contributed by atoms with Crippen molar-refractivity contribution in [1.29, 1.82) is 0 Å². The monoisotopic (exact) mass is 334 g/mol. The first kappa shape index (κ1) is 14.6. The Morgan fingerprint density at radius 3 is 2.43 bits per heavy atom. The van der Waals surface area contributed by atoms with Gasteiger partial charge in [0.25, 0.3) is 0 Å². The molecule has 0 spiro atoms. The van der Waals surface area contributed by atoms with E-state index in [0.717, 1.165) is 27.0 Å². The fourth-order valence-corrected chi connectivity index (χ4v) is 3.71. The van der Waals surface area contributed by atoms with Crippen molar-refractivity contribution < 1.29 is 5.11 Å². The second kappa shape index (κ2) is 6.18. The van der Waals surface area contributed by atoms with E-state index in [2.05, 4.69) is 0 Å². The average molecular weight is 335 g/mol. The number of phenolic OH excluding ortho intramolecular Hbond substituents is 1. The summed E-state index contributed by atoms with van der Waals surface area (Å²) in [5.41, 5.74) is 1.01. The van der Waals surface area contributed by atoms with Crippen molar-refractivity contribution >= 4 is 45.7 Å². The molecule has 3 rings (SSSR count). The number of halogens is 2. The Morgan fingerprint density at radius 2 is 1.62 bits per heavy atom. The Morgan fingerprint density at radius 1 is 0.857 bits per heavy atom. The van der Waals surface area contributed by atoms with Crippen LogP contribution in [0.25, 0.3) is 10.8 Å². The summed E-state index contributed by atoms with van der Waals surface area (Å²) < 4.78 is 0. The third-order valence-corrected chi connectivity index (χ3v) is 5.26.